The quantitative estimate of drug-likeness (QED) is 0.386. The second-order valence-corrected chi connectivity index (χ2v) is 8.19. The fourth-order valence-electron chi connectivity index (χ4n) is 2.48. The van der Waals surface area contributed by atoms with E-state index < -0.39 is 0 Å². The minimum Gasteiger partial charge on any atom is -0.489 e. The highest BCUT2D eigenvalue weighted by Gasteiger charge is 2.07. The summed E-state index contributed by atoms with van der Waals surface area (Å²) in [5.74, 6) is 0.865. The summed E-state index contributed by atoms with van der Waals surface area (Å²) in [5.41, 5.74) is 4.43. The Morgan fingerprint density at radius 3 is 2.46 bits per heavy atom. The molecule has 0 aliphatic heterocycles. The van der Waals surface area contributed by atoms with Gasteiger partial charge in [0.25, 0.3) is 0 Å². The Kier molecular flexibility index (Phi) is 6.63. The lowest BCUT2D eigenvalue weighted by Crippen LogP contribution is -2.04. The van der Waals surface area contributed by atoms with Crippen molar-refractivity contribution in [2.75, 3.05) is 5.32 Å². The van der Waals surface area contributed by atoms with E-state index in [2.05, 4.69) is 74.4 Å². The molecular weight excluding hydrogens is 477 g/mol. The predicted octanol–water partition coefficient (Wildman–Crippen LogP) is 7.36. The maximum atomic E-state index is 6.16. The topological polar surface area (TPSA) is 21.3 Å². The lowest BCUT2D eigenvalue weighted by molar-refractivity contribution is 0.303. The zero-order valence-corrected chi connectivity index (χ0v) is 18.2. The molecule has 3 rings (SSSR count). The molecule has 0 aliphatic carbocycles. The second kappa shape index (κ2) is 8.94. The van der Waals surface area contributed by atoms with Crippen LogP contribution in [0.25, 0.3) is 0 Å². The standard InChI is InChI=1S/C21H18Br2ClNO/c1-14-2-4-15(5-3-14)13-26-21-9-6-17(22)10-16(21)12-25-18-7-8-19(23)20(24)11-18/h2-11,25H,12-13H2,1H3. The van der Waals surface area contributed by atoms with Crippen molar-refractivity contribution < 1.29 is 4.74 Å². The van der Waals surface area contributed by atoms with E-state index >= 15 is 0 Å². The van der Waals surface area contributed by atoms with Crippen LogP contribution >= 0.6 is 43.5 Å². The summed E-state index contributed by atoms with van der Waals surface area (Å²) in [5, 5.41) is 4.08. The molecule has 0 aromatic heterocycles. The van der Waals surface area contributed by atoms with Gasteiger partial charge in [-0.25, -0.2) is 0 Å². The van der Waals surface area contributed by atoms with Gasteiger partial charge in [-0.05, 0) is 64.8 Å². The van der Waals surface area contributed by atoms with Gasteiger partial charge in [0.1, 0.15) is 12.4 Å². The molecule has 1 N–H and O–H groups in total. The van der Waals surface area contributed by atoms with Gasteiger partial charge in [0.2, 0.25) is 0 Å². The SMILES string of the molecule is Cc1ccc(COc2ccc(Br)cc2CNc2ccc(Br)c(Cl)c2)cc1. The fraction of sp³-hybridized carbons (Fsp3) is 0.143. The number of halogens is 3. The summed E-state index contributed by atoms with van der Waals surface area (Å²) in [7, 11) is 0. The van der Waals surface area contributed by atoms with Gasteiger partial charge in [-0.2, -0.15) is 0 Å². The Bertz CT molecular complexity index is 897. The van der Waals surface area contributed by atoms with Crippen LogP contribution in [0.15, 0.2) is 69.6 Å². The second-order valence-electron chi connectivity index (χ2n) is 6.01. The first kappa shape index (κ1) is 19.3. The number of hydrogen-bond donors (Lipinski definition) is 1. The molecule has 2 nitrogen and oxygen atoms in total. The molecule has 0 saturated heterocycles. The van der Waals surface area contributed by atoms with Gasteiger partial charge in [-0.1, -0.05) is 57.4 Å². The molecule has 3 aromatic rings. The van der Waals surface area contributed by atoms with Gasteiger partial charge in [-0.15, -0.1) is 0 Å². The average molecular weight is 496 g/mol. The van der Waals surface area contributed by atoms with Crippen LogP contribution in [-0.2, 0) is 13.2 Å². The Morgan fingerprint density at radius 1 is 0.962 bits per heavy atom. The smallest absolute Gasteiger partial charge is 0.124 e. The molecule has 0 spiro atoms. The van der Waals surface area contributed by atoms with E-state index in [0.29, 0.717) is 18.2 Å². The number of anilines is 1. The molecule has 0 heterocycles. The lowest BCUT2D eigenvalue weighted by atomic mass is 10.1. The molecule has 5 heteroatoms. The molecule has 0 unspecified atom stereocenters. The van der Waals surface area contributed by atoms with Crippen LogP contribution in [0.3, 0.4) is 0 Å². The summed E-state index contributed by atoms with van der Waals surface area (Å²) >= 11 is 13.1. The largest absolute Gasteiger partial charge is 0.489 e. The summed E-state index contributed by atoms with van der Waals surface area (Å²) in [6, 6.07) is 20.2. The van der Waals surface area contributed by atoms with E-state index in [1.807, 2.05) is 30.3 Å². The Hall–Kier alpha value is -1.49. The van der Waals surface area contributed by atoms with Crippen LogP contribution in [0.4, 0.5) is 5.69 Å². The number of ether oxygens (including phenoxy) is 1. The van der Waals surface area contributed by atoms with Crippen molar-refractivity contribution in [2.24, 2.45) is 0 Å². The van der Waals surface area contributed by atoms with Gasteiger partial charge in [0.05, 0.1) is 5.02 Å². The molecule has 134 valence electrons. The van der Waals surface area contributed by atoms with Crippen molar-refractivity contribution in [1.29, 1.82) is 0 Å². The van der Waals surface area contributed by atoms with Crippen molar-refractivity contribution in [3.8, 4) is 5.75 Å². The molecule has 26 heavy (non-hydrogen) atoms. The van der Waals surface area contributed by atoms with E-state index in [1.165, 1.54) is 5.56 Å². The van der Waals surface area contributed by atoms with Gasteiger partial charge >= 0.3 is 0 Å². The van der Waals surface area contributed by atoms with Gasteiger partial charge in [-0.3, -0.25) is 0 Å². The molecular formula is C21H18Br2ClNO. The van der Waals surface area contributed by atoms with Gasteiger partial charge in [0, 0.05) is 26.7 Å². The predicted molar refractivity (Wildman–Crippen MR) is 116 cm³/mol. The first-order valence-electron chi connectivity index (χ1n) is 8.17. The molecule has 0 fully saturated rings. The van der Waals surface area contributed by atoms with Crippen molar-refractivity contribution in [3.05, 3.63) is 91.3 Å². The number of rotatable bonds is 6. The molecule has 3 aromatic carbocycles. The molecule has 0 radical (unpaired) electrons. The van der Waals surface area contributed by atoms with Gasteiger partial charge < -0.3 is 10.1 Å². The van der Waals surface area contributed by atoms with Crippen molar-refractivity contribution in [1.82, 2.24) is 0 Å². The number of aryl methyl sites for hydroxylation is 1. The molecule has 0 saturated carbocycles. The van der Waals surface area contributed by atoms with Crippen molar-refractivity contribution in [3.63, 3.8) is 0 Å². The van der Waals surface area contributed by atoms with Crippen LogP contribution in [0, 0.1) is 6.92 Å². The molecule has 0 aliphatic rings. The third-order valence-corrected chi connectivity index (χ3v) is 5.67. The maximum Gasteiger partial charge on any atom is 0.124 e. The summed E-state index contributed by atoms with van der Waals surface area (Å²) in [6.07, 6.45) is 0. The zero-order valence-electron chi connectivity index (χ0n) is 14.2. The first-order chi connectivity index (χ1) is 12.5. The maximum absolute atomic E-state index is 6.16. The van der Waals surface area contributed by atoms with E-state index in [1.54, 1.807) is 0 Å². The third kappa shape index (κ3) is 5.26. The summed E-state index contributed by atoms with van der Waals surface area (Å²) < 4.78 is 7.96. The van der Waals surface area contributed by atoms with Crippen molar-refractivity contribution in [2.45, 2.75) is 20.1 Å². The molecule has 0 amide bonds. The van der Waals surface area contributed by atoms with Crippen LogP contribution in [0.2, 0.25) is 5.02 Å². The Labute approximate surface area is 175 Å². The normalized spacial score (nSPS) is 10.6. The van der Waals surface area contributed by atoms with Crippen LogP contribution in [0.1, 0.15) is 16.7 Å². The average Bonchev–Trinajstić information content (AvgIpc) is 2.63. The fourth-order valence-corrected chi connectivity index (χ4v) is 3.31. The number of hydrogen-bond acceptors (Lipinski definition) is 2. The first-order valence-corrected chi connectivity index (χ1v) is 10.1. The zero-order chi connectivity index (χ0) is 18.5. The Balaban J connectivity index is 1.70. The third-order valence-electron chi connectivity index (χ3n) is 3.94. The molecule has 0 bridgehead atoms. The van der Waals surface area contributed by atoms with E-state index in [0.717, 1.165) is 31.5 Å². The van der Waals surface area contributed by atoms with E-state index in [9.17, 15) is 0 Å². The van der Waals surface area contributed by atoms with Crippen molar-refractivity contribution >= 4 is 49.1 Å². The minimum absolute atomic E-state index is 0.541. The van der Waals surface area contributed by atoms with Crippen LogP contribution < -0.4 is 10.1 Å². The number of benzene rings is 3. The van der Waals surface area contributed by atoms with E-state index in [-0.39, 0.29) is 0 Å². The highest BCUT2D eigenvalue weighted by atomic mass is 79.9. The van der Waals surface area contributed by atoms with Crippen LogP contribution in [0.5, 0.6) is 5.75 Å². The Morgan fingerprint density at radius 2 is 1.73 bits per heavy atom. The summed E-state index contributed by atoms with van der Waals surface area (Å²) in [6.45, 7) is 3.26. The lowest BCUT2D eigenvalue weighted by Gasteiger charge is -2.14. The highest BCUT2D eigenvalue weighted by molar-refractivity contribution is 9.10. The number of nitrogens with one attached hydrogen (secondary N) is 1. The van der Waals surface area contributed by atoms with Crippen LogP contribution in [-0.4, -0.2) is 0 Å². The highest BCUT2D eigenvalue weighted by Crippen LogP contribution is 2.28. The monoisotopic (exact) mass is 493 g/mol. The minimum atomic E-state index is 0.541. The summed E-state index contributed by atoms with van der Waals surface area (Å²) in [4.78, 5) is 0. The molecule has 0 atom stereocenters. The van der Waals surface area contributed by atoms with Gasteiger partial charge in [0.15, 0.2) is 0 Å². The van der Waals surface area contributed by atoms with E-state index in [4.69, 9.17) is 16.3 Å².